The lowest BCUT2D eigenvalue weighted by atomic mass is 10.0. The van der Waals surface area contributed by atoms with E-state index in [2.05, 4.69) is 16.0 Å². The minimum absolute atomic E-state index is 0.0883. The Hall–Kier alpha value is -5.03. The molecule has 10 nitrogen and oxygen atoms in total. The molecule has 4 N–H and O–H groups in total. The molecule has 242 valence electrons. The second kappa shape index (κ2) is 15.8. The fraction of sp³-hybridized carbons (Fsp3) is 0.257. The maximum atomic E-state index is 13.2. The van der Waals surface area contributed by atoms with Crippen molar-refractivity contribution in [1.82, 2.24) is 10.6 Å². The molecular formula is C35H39N3O7S. The van der Waals surface area contributed by atoms with Gasteiger partial charge in [-0.2, -0.15) is 8.42 Å². The number of phenolic OH excluding ortho intramolecular Hbond substituents is 1. The van der Waals surface area contributed by atoms with Gasteiger partial charge in [-0.15, -0.1) is 0 Å². The highest BCUT2D eigenvalue weighted by molar-refractivity contribution is 7.86. The Morgan fingerprint density at radius 2 is 1.52 bits per heavy atom. The average Bonchev–Trinajstić information content (AvgIpc) is 3.03. The normalized spacial score (nSPS) is 11.7. The van der Waals surface area contributed by atoms with Gasteiger partial charge in [-0.25, -0.2) is 0 Å². The number of rotatable bonds is 15. The lowest BCUT2D eigenvalue weighted by molar-refractivity contribution is 0.0938. The molecule has 4 aromatic rings. The number of hydrogen-bond acceptors (Lipinski definition) is 8. The standard InChI is InChI=1S/C35H39N3O7S/c1-24(12-13-26-14-15-32(33(39)19-26)37-23-27-10-7-11-30(18-27)44-2)38-35(41)29-20-28(21-31(22-29)45-46(3,42)43)34(40)36-17-16-25-8-5-4-6-9-25/h4-11,14-15,18-22,24,37,39H,12-13,16-17,23H2,1-3H3,(H,36,40)(H,38,41)/t24-/m1/s1. The minimum Gasteiger partial charge on any atom is -0.506 e. The Labute approximate surface area is 269 Å². The molecule has 0 aliphatic carbocycles. The van der Waals surface area contributed by atoms with Crippen LogP contribution in [0.4, 0.5) is 5.69 Å². The van der Waals surface area contributed by atoms with Crippen LogP contribution in [0.5, 0.6) is 17.2 Å². The molecule has 0 spiro atoms. The summed E-state index contributed by atoms with van der Waals surface area (Å²) in [5.74, 6) is -0.195. The monoisotopic (exact) mass is 645 g/mol. The number of ether oxygens (including phenoxy) is 1. The zero-order valence-electron chi connectivity index (χ0n) is 26.1. The number of methoxy groups -OCH3 is 1. The minimum atomic E-state index is -3.90. The van der Waals surface area contributed by atoms with E-state index in [0.29, 0.717) is 38.0 Å². The van der Waals surface area contributed by atoms with Crippen LogP contribution >= 0.6 is 0 Å². The van der Waals surface area contributed by atoms with Crippen LogP contribution in [-0.4, -0.2) is 51.3 Å². The number of aromatic hydroxyl groups is 1. The van der Waals surface area contributed by atoms with Gasteiger partial charge >= 0.3 is 10.1 Å². The van der Waals surface area contributed by atoms with Gasteiger partial charge in [0, 0.05) is 30.3 Å². The van der Waals surface area contributed by atoms with E-state index in [4.69, 9.17) is 8.92 Å². The smallest absolute Gasteiger partial charge is 0.306 e. The topological polar surface area (TPSA) is 143 Å². The molecule has 46 heavy (non-hydrogen) atoms. The quantitative estimate of drug-likeness (QED) is 0.104. The van der Waals surface area contributed by atoms with Gasteiger partial charge in [0.05, 0.1) is 19.1 Å². The van der Waals surface area contributed by atoms with E-state index in [1.54, 1.807) is 13.2 Å². The summed E-state index contributed by atoms with van der Waals surface area (Å²) in [6.45, 7) is 2.71. The number of benzene rings is 4. The number of nitrogens with one attached hydrogen (secondary N) is 3. The van der Waals surface area contributed by atoms with E-state index in [1.807, 2.05) is 73.7 Å². The molecule has 0 saturated heterocycles. The summed E-state index contributed by atoms with van der Waals surface area (Å²) >= 11 is 0. The zero-order chi connectivity index (χ0) is 33.1. The molecule has 11 heteroatoms. The van der Waals surface area contributed by atoms with E-state index in [9.17, 15) is 23.1 Å². The highest BCUT2D eigenvalue weighted by Gasteiger charge is 2.18. The summed E-state index contributed by atoms with van der Waals surface area (Å²) in [4.78, 5) is 26.1. The predicted octanol–water partition coefficient (Wildman–Crippen LogP) is 5.07. The van der Waals surface area contributed by atoms with Crippen LogP contribution in [0, 0.1) is 0 Å². The highest BCUT2D eigenvalue weighted by atomic mass is 32.2. The van der Waals surface area contributed by atoms with E-state index in [1.165, 1.54) is 18.2 Å². The number of hydrogen-bond donors (Lipinski definition) is 4. The Morgan fingerprint density at radius 1 is 0.804 bits per heavy atom. The van der Waals surface area contributed by atoms with Gasteiger partial charge in [-0.3, -0.25) is 9.59 Å². The zero-order valence-corrected chi connectivity index (χ0v) is 26.9. The average molecular weight is 646 g/mol. The van der Waals surface area contributed by atoms with Crippen LogP contribution in [-0.2, 0) is 29.5 Å². The summed E-state index contributed by atoms with van der Waals surface area (Å²) in [5.41, 5.74) is 3.75. The Kier molecular flexibility index (Phi) is 11.6. The second-order valence-electron chi connectivity index (χ2n) is 11.0. The molecule has 4 aromatic carbocycles. The van der Waals surface area contributed by atoms with Crippen molar-refractivity contribution in [2.45, 2.75) is 38.8 Å². The van der Waals surface area contributed by atoms with E-state index in [0.717, 1.165) is 28.7 Å². The van der Waals surface area contributed by atoms with Crippen molar-refractivity contribution in [3.8, 4) is 17.2 Å². The largest absolute Gasteiger partial charge is 0.506 e. The Morgan fingerprint density at radius 3 is 2.22 bits per heavy atom. The van der Waals surface area contributed by atoms with Crippen LogP contribution in [0.1, 0.15) is 50.8 Å². The molecule has 0 saturated carbocycles. The van der Waals surface area contributed by atoms with E-state index in [-0.39, 0.29) is 28.7 Å². The van der Waals surface area contributed by atoms with Gasteiger partial charge in [0.1, 0.15) is 17.2 Å². The SMILES string of the molecule is COc1cccc(CNc2ccc(CC[C@@H](C)NC(=O)c3cc(OS(C)(=O)=O)cc(C(=O)NCCc4ccccc4)c3)cc2O)c1. The highest BCUT2D eigenvalue weighted by Crippen LogP contribution is 2.26. The van der Waals surface area contributed by atoms with Crippen LogP contribution in [0.2, 0.25) is 0 Å². The van der Waals surface area contributed by atoms with Crippen molar-refractivity contribution in [2.24, 2.45) is 0 Å². The van der Waals surface area contributed by atoms with Crippen LogP contribution in [0.15, 0.2) is 91.0 Å². The number of phenols is 1. The third kappa shape index (κ3) is 10.6. The molecule has 0 bridgehead atoms. The molecule has 0 unspecified atom stereocenters. The van der Waals surface area contributed by atoms with Crippen molar-refractivity contribution < 1.29 is 32.0 Å². The molecular weight excluding hydrogens is 606 g/mol. The molecule has 0 fully saturated rings. The maximum Gasteiger partial charge on any atom is 0.306 e. The lowest BCUT2D eigenvalue weighted by Gasteiger charge is -2.16. The van der Waals surface area contributed by atoms with Gasteiger partial charge < -0.3 is 30.0 Å². The second-order valence-corrected chi connectivity index (χ2v) is 12.6. The third-order valence-electron chi connectivity index (χ3n) is 7.14. The van der Waals surface area contributed by atoms with Gasteiger partial charge in [0.15, 0.2) is 0 Å². The van der Waals surface area contributed by atoms with Crippen molar-refractivity contribution >= 4 is 27.6 Å². The fourth-order valence-electron chi connectivity index (χ4n) is 4.78. The first kappa shape index (κ1) is 33.9. The lowest BCUT2D eigenvalue weighted by Crippen LogP contribution is -2.33. The van der Waals surface area contributed by atoms with Gasteiger partial charge in [-0.05, 0) is 85.3 Å². The predicted molar refractivity (Wildman–Crippen MR) is 178 cm³/mol. The third-order valence-corrected chi connectivity index (χ3v) is 7.64. The van der Waals surface area contributed by atoms with Crippen molar-refractivity contribution in [3.63, 3.8) is 0 Å². The molecule has 0 aromatic heterocycles. The first-order valence-electron chi connectivity index (χ1n) is 14.9. The van der Waals surface area contributed by atoms with Crippen molar-refractivity contribution in [3.05, 3.63) is 119 Å². The number of carbonyl (C=O) groups excluding carboxylic acids is 2. The van der Waals surface area contributed by atoms with Crippen LogP contribution in [0.3, 0.4) is 0 Å². The number of anilines is 1. The Bertz CT molecular complexity index is 1760. The van der Waals surface area contributed by atoms with Crippen LogP contribution in [0.25, 0.3) is 0 Å². The molecule has 4 rings (SSSR count). The van der Waals surface area contributed by atoms with Crippen molar-refractivity contribution in [1.29, 1.82) is 0 Å². The van der Waals surface area contributed by atoms with E-state index >= 15 is 0 Å². The summed E-state index contributed by atoms with van der Waals surface area (Å²) in [6.07, 6.45) is 2.64. The molecule has 2 amide bonds. The first-order chi connectivity index (χ1) is 22.0. The summed E-state index contributed by atoms with van der Waals surface area (Å²) < 4.78 is 33.9. The maximum absolute atomic E-state index is 13.2. The molecule has 0 aliphatic heterocycles. The van der Waals surface area contributed by atoms with E-state index < -0.39 is 21.9 Å². The summed E-state index contributed by atoms with van der Waals surface area (Å²) in [7, 11) is -2.28. The molecule has 0 radical (unpaired) electrons. The van der Waals surface area contributed by atoms with Gasteiger partial charge in [-0.1, -0.05) is 48.5 Å². The Balaban J connectivity index is 1.35. The fourth-order valence-corrected chi connectivity index (χ4v) is 5.22. The van der Waals surface area contributed by atoms with Gasteiger partial charge in [0.25, 0.3) is 11.8 Å². The summed E-state index contributed by atoms with van der Waals surface area (Å²) in [6, 6.07) is 26.4. The summed E-state index contributed by atoms with van der Waals surface area (Å²) in [5, 5.41) is 19.5. The van der Waals surface area contributed by atoms with Gasteiger partial charge in [0.2, 0.25) is 0 Å². The number of amides is 2. The number of carbonyl (C=O) groups is 2. The molecule has 0 aliphatic rings. The van der Waals surface area contributed by atoms with Crippen molar-refractivity contribution in [2.75, 3.05) is 25.2 Å². The first-order valence-corrected chi connectivity index (χ1v) is 16.7. The molecule has 1 atom stereocenters. The van der Waals surface area contributed by atoms with Crippen LogP contribution < -0.4 is 24.9 Å². The number of aryl methyl sites for hydroxylation is 1. The molecule has 0 heterocycles.